The van der Waals surface area contributed by atoms with Gasteiger partial charge in [-0.05, 0) is 35.9 Å². The summed E-state index contributed by atoms with van der Waals surface area (Å²) < 4.78 is 18.7. The van der Waals surface area contributed by atoms with Crippen LogP contribution in [0, 0.1) is 0 Å². The molecule has 3 aromatic carbocycles. The van der Waals surface area contributed by atoms with Crippen LogP contribution in [0.4, 0.5) is 5.69 Å². The molecular weight excluding hydrogens is 406 g/mol. The van der Waals surface area contributed by atoms with Crippen molar-refractivity contribution in [1.82, 2.24) is 9.78 Å². The second kappa shape index (κ2) is 9.70. The van der Waals surface area contributed by atoms with Crippen molar-refractivity contribution in [3.63, 3.8) is 0 Å². The van der Waals surface area contributed by atoms with Crippen LogP contribution in [-0.4, -0.2) is 29.9 Å². The number of aromatic nitrogens is 2. The number of carbonyl (C=O) groups excluding carboxylic acids is 1. The number of nitrogens with one attached hydrogen (secondary N) is 1. The third-order valence-corrected chi connectivity index (χ3v) is 4.85. The Bertz CT molecular complexity index is 1170. The van der Waals surface area contributed by atoms with Crippen molar-refractivity contribution in [2.45, 2.75) is 6.61 Å². The molecule has 0 atom stereocenters. The number of para-hydroxylation sites is 2. The Labute approximate surface area is 186 Å². The molecule has 7 heteroatoms. The molecule has 0 aliphatic rings. The number of ether oxygens (including phenoxy) is 3. The predicted octanol–water partition coefficient (Wildman–Crippen LogP) is 4.72. The molecule has 0 unspecified atom stereocenters. The summed E-state index contributed by atoms with van der Waals surface area (Å²) in [5.74, 6) is 0.944. The molecule has 0 bridgehead atoms. The average molecular weight is 429 g/mol. The van der Waals surface area contributed by atoms with Crippen LogP contribution < -0.4 is 19.5 Å². The van der Waals surface area contributed by atoms with Gasteiger partial charge in [0.05, 0.1) is 25.6 Å². The quantitative estimate of drug-likeness (QED) is 0.439. The molecule has 0 fully saturated rings. The molecule has 1 amide bonds. The Morgan fingerprint density at radius 3 is 2.28 bits per heavy atom. The molecule has 0 aliphatic carbocycles. The summed E-state index contributed by atoms with van der Waals surface area (Å²) in [6, 6.07) is 22.3. The maximum atomic E-state index is 13.1. The minimum absolute atomic E-state index is 0.309. The number of anilines is 1. The standard InChI is InChI=1S/C25H23N3O4/c1-30-22-15-19(16-23(31-2)24(22)32-17-18-9-4-3-5-10-18)25(29)27-20-11-6-7-12-21(20)28-14-8-13-26-28/h3-16H,17H2,1-2H3,(H,27,29). The number of rotatable bonds is 8. The van der Waals surface area contributed by atoms with Crippen molar-refractivity contribution in [1.29, 1.82) is 0 Å². The third kappa shape index (κ3) is 4.57. The predicted molar refractivity (Wildman–Crippen MR) is 122 cm³/mol. The molecule has 0 aliphatic heterocycles. The first-order chi connectivity index (χ1) is 15.7. The van der Waals surface area contributed by atoms with E-state index in [0.29, 0.717) is 35.1 Å². The van der Waals surface area contributed by atoms with E-state index in [4.69, 9.17) is 14.2 Å². The smallest absolute Gasteiger partial charge is 0.255 e. The third-order valence-electron chi connectivity index (χ3n) is 4.85. The van der Waals surface area contributed by atoms with Crippen LogP contribution >= 0.6 is 0 Å². The molecule has 0 spiro atoms. The normalized spacial score (nSPS) is 10.4. The largest absolute Gasteiger partial charge is 0.493 e. The number of carbonyl (C=O) groups is 1. The summed E-state index contributed by atoms with van der Waals surface area (Å²) in [6.45, 7) is 0.344. The van der Waals surface area contributed by atoms with Gasteiger partial charge in [-0.15, -0.1) is 0 Å². The van der Waals surface area contributed by atoms with Gasteiger partial charge in [0, 0.05) is 18.0 Å². The zero-order chi connectivity index (χ0) is 22.3. The lowest BCUT2D eigenvalue weighted by Gasteiger charge is -2.17. The van der Waals surface area contributed by atoms with Gasteiger partial charge in [-0.2, -0.15) is 5.10 Å². The van der Waals surface area contributed by atoms with Gasteiger partial charge in [-0.1, -0.05) is 42.5 Å². The molecule has 162 valence electrons. The van der Waals surface area contributed by atoms with E-state index in [1.807, 2.05) is 66.9 Å². The summed E-state index contributed by atoms with van der Waals surface area (Å²) in [5, 5.41) is 7.19. The van der Waals surface area contributed by atoms with Crippen LogP contribution in [0.5, 0.6) is 17.2 Å². The summed E-state index contributed by atoms with van der Waals surface area (Å²) in [5.41, 5.74) is 2.77. The first-order valence-corrected chi connectivity index (χ1v) is 10.0. The lowest BCUT2D eigenvalue weighted by molar-refractivity contribution is 0.102. The first-order valence-electron chi connectivity index (χ1n) is 10.0. The second-order valence-corrected chi connectivity index (χ2v) is 6.91. The van der Waals surface area contributed by atoms with E-state index >= 15 is 0 Å². The Balaban J connectivity index is 1.60. The Hall–Kier alpha value is -4.26. The highest BCUT2D eigenvalue weighted by atomic mass is 16.5. The number of hydrogen-bond donors (Lipinski definition) is 1. The zero-order valence-electron chi connectivity index (χ0n) is 17.8. The average Bonchev–Trinajstić information content (AvgIpc) is 3.38. The molecule has 7 nitrogen and oxygen atoms in total. The molecule has 32 heavy (non-hydrogen) atoms. The highest BCUT2D eigenvalue weighted by Crippen LogP contribution is 2.39. The van der Waals surface area contributed by atoms with Crippen LogP contribution in [0.3, 0.4) is 0 Å². The lowest BCUT2D eigenvalue weighted by Crippen LogP contribution is -2.14. The van der Waals surface area contributed by atoms with Crippen molar-refractivity contribution >= 4 is 11.6 Å². The summed E-state index contributed by atoms with van der Waals surface area (Å²) >= 11 is 0. The minimum Gasteiger partial charge on any atom is -0.493 e. The SMILES string of the molecule is COc1cc(C(=O)Nc2ccccc2-n2cccn2)cc(OC)c1OCc1ccccc1. The fourth-order valence-electron chi connectivity index (χ4n) is 3.27. The van der Waals surface area contributed by atoms with Gasteiger partial charge >= 0.3 is 0 Å². The van der Waals surface area contributed by atoms with Crippen LogP contribution in [0.2, 0.25) is 0 Å². The molecule has 4 aromatic rings. The number of nitrogens with zero attached hydrogens (tertiary/aromatic N) is 2. The van der Waals surface area contributed by atoms with Crippen LogP contribution in [0.25, 0.3) is 5.69 Å². The Morgan fingerprint density at radius 2 is 1.62 bits per heavy atom. The fourth-order valence-corrected chi connectivity index (χ4v) is 3.27. The van der Waals surface area contributed by atoms with Gasteiger partial charge in [0.15, 0.2) is 11.5 Å². The van der Waals surface area contributed by atoms with Crippen molar-refractivity contribution in [2.24, 2.45) is 0 Å². The van der Waals surface area contributed by atoms with E-state index < -0.39 is 0 Å². The van der Waals surface area contributed by atoms with Gasteiger partial charge in [-0.25, -0.2) is 4.68 Å². The Kier molecular flexibility index (Phi) is 6.36. The molecular formula is C25H23N3O4. The summed E-state index contributed by atoms with van der Waals surface area (Å²) in [4.78, 5) is 13.1. The maximum absolute atomic E-state index is 13.1. The molecule has 4 rings (SSSR count). The van der Waals surface area contributed by atoms with Crippen LogP contribution in [-0.2, 0) is 6.61 Å². The van der Waals surface area contributed by atoms with E-state index in [-0.39, 0.29) is 5.91 Å². The van der Waals surface area contributed by atoms with E-state index in [1.165, 1.54) is 14.2 Å². The molecule has 0 saturated heterocycles. The summed E-state index contributed by atoms with van der Waals surface area (Å²) in [7, 11) is 3.05. The minimum atomic E-state index is -0.309. The number of amides is 1. The van der Waals surface area contributed by atoms with Crippen molar-refractivity contribution in [3.05, 3.63) is 96.3 Å². The first kappa shape index (κ1) is 21.0. The van der Waals surface area contributed by atoms with E-state index in [0.717, 1.165) is 11.3 Å². The molecule has 0 saturated carbocycles. The van der Waals surface area contributed by atoms with Crippen molar-refractivity contribution < 1.29 is 19.0 Å². The molecule has 1 N–H and O–H groups in total. The van der Waals surface area contributed by atoms with Crippen molar-refractivity contribution in [2.75, 3.05) is 19.5 Å². The van der Waals surface area contributed by atoms with Gasteiger partial charge in [0.25, 0.3) is 5.91 Å². The highest BCUT2D eigenvalue weighted by molar-refractivity contribution is 6.06. The van der Waals surface area contributed by atoms with E-state index in [2.05, 4.69) is 10.4 Å². The van der Waals surface area contributed by atoms with Gasteiger partial charge in [0.2, 0.25) is 5.75 Å². The topological polar surface area (TPSA) is 74.6 Å². The second-order valence-electron chi connectivity index (χ2n) is 6.91. The van der Waals surface area contributed by atoms with E-state index in [9.17, 15) is 4.79 Å². The summed E-state index contributed by atoms with van der Waals surface area (Å²) in [6.07, 6.45) is 3.50. The lowest BCUT2D eigenvalue weighted by atomic mass is 10.1. The Morgan fingerprint density at radius 1 is 0.938 bits per heavy atom. The van der Waals surface area contributed by atoms with E-state index in [1.54, 1.807) is 23.0 Å². The number of methoxy groups -OCH3 is 2. The van der Waals surface area contributed by atoms with Gasteiger partial charge in [-0.3, -0.25) is 4.79 Å². The number of benzene rings is 3. The molecule has 0 radical (unpaired) electrons. The number of hydrogen-bond acceptors (Lipinski definition) is 5. The van der Waals surface area contributed by atoms with Crippen LogP contribution in [0.15, 0.2) is 85.2 Å². The van der Waals surface area contributed by atoms with Gasteiger partial charge < -0.3 is 19.5 Å². The van der Waals surface area contributed by atoms with Crippen molar-refractivity contribution in [3.8, 4) is 22.9 Å². The molecule has 1 aromatic heterocycles. The zero-order valence-corrected chi connectivity index (χ0v) is 17.8. The maximum Gasteiger partial charge on any atom is 0.255 e. The highest BCUT2D eigenvalue weighted by Gasteiger charge is 2.19. The van der Waals surface area contributed by atoms with Gasteiger partial charge in [0.1, 0.15) is 6.61 Å². The van der Waals surface area contributed by atoms with Crippen LogP contribution in [0.1, 0.15) is 15.9 Å². The molecule has 1 heterocycles. The monoisotopic (exact) mass is 429 g/mol. The fraction of sp³-hybridized carbons (Fsp3) is 0.120.